The Bertz CT molecular complexity index is 970. The minimum absolute atomic E-state index is 0. The van der Waals surface area contributed by atoms with Gasteiger partial charge < -0.3 is 20.1 Å². The molecule has 0 bridgehead atoms. The van der Waals surface area contributed by atoms with Crippen LogP contribution in [0, 0.1) is 5.82 Å². The second-order valence-electron chi connectivity index (χ2n) is 6.15. The van der Waals surface area contributed by atoms with Gasteiger partial charge in [-0.25, -0.2) is 4.39 Å². The highest BCUT2D eigenvalue weighted by molar-refractivity contribution is 14.0. The molecule has 0 saturated carbocycles. The first kappa shape index (κ1) is 23.4. The van der Waals surface area contributed by atoms with E-state index < -0.39 is 5.82 Å². The van der Waals surface area contributed by atoms with E-state index in [0.29, 0.717) is 24.8 Å². The minimum Gasteiger partial charge on any atom is -0.496 e. The van der Waals surface area contributed by atoms with Crippen molar-refractivity contribution in [2.75, 3.05) is 14.2 Å². The molecule has 0 radical (unpaired) electrons. The minimum atomic E-state index is -0.440. The van der Waals surface area contributed by atoms with Gasteiger partial charge in [-0.1, -0.05) is 24.3 Å². The molecule has 0 fully saturated rings. The van der Waals surface area contributed by atoms with Crippen molar-refractivity contribution in [2.24, 2.45) is 4.99 Å². The molecule has 158 valence electrons. The quantitative estimate of drug-likeness (QED) is 0.272. The van der Waals surface area contributed by atoms with Gasteiger partial charge in [0.15, 0.2) is 17.5 Å². The van der Waals surface area contributed by atoms with Crippen molar-refractivity contribution in [3.8, 4) is 17.2 Å². The maximum absolute atomic E-state index is 14.4. The molecule has 30 heavy (non-hydrogen) atoms. The molecule has 0 atom stereocenters. The predicted octanol–water partition coefficient (Wildman–Crippen LogP) is 4.50. The van der Waals surface area contributed by atoms with Crippen LogP contribution in [0.4, 0.5) is 4.39 Å². The number of aliphatic imine (C=N–C) groups is 1. The third kappa shape index (κ3) is 6.58. The molecular weight excluding hydrogens is 498 g/mol. The van der Waals surface area contributed by atoms with E-state index in [-0.39, 0.29) is 29.7 Å². The number of rotatable bonds is 7. The van der Waals surface area contributed by atoms with Crippen LogP contribution < -0.4 is 20.1 Å². The van der Waals surface area contributed by atoms with Crippen LogP contribution in [0.3, 0.4) is 0 Å². The summed E-state index contributed by atoms with van der Waals surface area (Å²) in [7, 11) is 3.32. The summed E-state index contributed by atoms with van der Waals surface area (Å²) < 4.78 is 25.2. The molecule has 1 aromatic heterocycles. The summed E-state index contributed by atoms with van der Waals surface area (Å²) in [6.45, 7) is 0.964. The van der Waals surface area contributed by atoms with Crippen LogP contribution in [0.15, 0.2) is 72.0 Å². The van der Waals surface area contributed by atoms with E-state index in [1.807, 2.05) is 24.3 Å². The predicted molar refractivity (Wildman–Crippen MR) is 126 cm³/mol. The fourth-order valence-corrected chi connectivity index (χ4v) is 2.71. The van der Waals surface area contributed by atoms with Gasteiger partial charge in [0.1, 0.15) is 11.5 Å². The summed E-state index contributed by atoms with van der Waals surface area (Å²) in [6.07, 6.45) is 3.17. The molecule has 0 aliphatic carbocycles. The zero-order chi connectivity index (χ0) is 20.5. The second kappa shape index (κ2) is 12.0. The molecule has 2 N–H and O–H groups in total. The molecule has 3 aromatic rings. The topological polar surface area (TPSA) is 67.8 Å². The standard InChI is InChI=1S/C22H23FN4O2.HI/c1-24-22(27-14-17-6-3-4-8-20(17)28-2)26-13-16-9-10-21(19(23)12-16)29-18-7-5-11-25-15-18;/h3-12,15H,13-14H2,1-2H3,(H2,24,26,27);1H. The molecule has 1 heterocycles. The number of hydrogen-bond donors (Lipinski definition) is 2. The molecule has 2 aromatic carbocycles. The number of para-hydroxylation sites is 1. The monoisotopic (exact) mass is 522 g/mol. The number of guanidine groups is 1. The Morgan fingerprint density at radius 1 is 1.03 bits per heavy atom. The van der Waals surface area contributed by atoms with Gasteiger partial charge >= 0.3 is 0 Å². The first-order valence-electron chi connectivity index (χ1n) is 9.12. The average molecular weight is 522 g/mol. The van der Waals surface area contributed by atoms with Crippen LogP contribution in [-0.2, 0) is 13.1 Å². The van der Waals surface area contributed by atoms with Crippen molar-refractivity contribution in [3.05, 3.63) is 83.9 Å². The number of halogens is 2. The van der Waals surface area contributed by atoms with Gasteiger partial charge in [-0.15, -0.1) is 24.0 Å². The molecule has 6 nitrogen and oxygen atoms in total. The molecule has 0 saturated heterocycles. The van der Waals surface area contributed by atoms with Gasteiger partial charge in [0.05, 0.1) is 13.3 Å². The second-order valence-corrected chi connectivity index (χ2v) is 6.15. The molecule has 3 rings (SSSR count). The summed E-state index contributed by atoms with van der Waals surface area (Å²) >= 11 is 0. The largest absolute Gasteiger partial charge is 0.496 e. The van der Waals surface area contributed by atoms with E-state index in [1.165, 1.54) is 12.3 Å². The van der Waals surface area contributed by atoms with E-state index in [2.05, 4.69) is 20.6 Å². The summed E-state index contributed by atoms with van der Waals surface area (Å²) in [5.74, 6) is 1.61. The van der Waals surface area contributed by atoms with Gasteiger partial charge in [-0.2, -0.15) is 0 Å². The maximum Gasteiger partial charge on any atom is 0.191 e. The van der Waals surface area contributed by atoms with Gasteiger partial charge in [-0.05, 0) is 35.9 Å². The smallest absolute Gasteiger partial charge is 0.191 e. The zero-order valence-electron chi connectivity index (χ0n) is 16.8. The summed E-state index contributed by atoms with van der Waals surface area (Å²) in [6, 6.07) is 16.1. The number of nitrogens with zero attached hydrogens (tertiary/aromatic N) is 2. The molecule has 0 aliphatic rings. The van der Waals surface area contributed by atoms with Crippen molar-refractivity contribution in [2.45, 2.75) is 13.1 Å². The lowest BCUT2D eigenvalue weighted by molar-refractivity contribution is 0.409. The van der Waals surface area contributed by atoms with Gasteiger partial charge in [0, 0.05) is 31.9 Å². The van der Waals surface area contributed by atoms with Crippen LogP contribution in [-0.4, -0.2) is 25.1 Å². The zero-order valence-corrected chi connectivity index (χ0v) is 19.1. The Balaban J connectivity index is 0.00000320. The lowest BCUT2D eigenvalue weighted by Crippen LogP contribution is -2.36. The number of nitrogens with one attached hydrogen (secondary N) is 2. The number of benzene rings is 2. The fourth-order valence-electron chi connectivity index (χ4n) is 2.71. The van der Waals surface area contributed by atoms with Crippen molar-refractivity contribution >= 4 is 29.9 Å². The van der Waals surface area contributed by atoms with Gasteiger partial charge in [-0.3, -0.25) is 9.98 Å². The Morgan fingerprint density at radius 2 is 1.83 bits per heavy atom. The molecule has 0 spiro atoms. The molecule has 0 aliphatic heterocycles. The lowest BCUT2D eigenvalue weighted by Gasteiger charge is -2.14. The van der Waals surface area contributed by atoms with E-state index >= 15 is 0 Å². The molecular formula is C22H24FIN4O2. The summed E-state index contributed by atoms with van der Waals surface area (Å²) in [5, 5.41) is 6.39. The van der Waals surface area contributed by atoms with Crippen molar-refractivity contribution < 1.29 is 13.9 Å². The lowest BCUT2D eigenvalue weighted by atomic mass is 10.2. The van der Waals surface area contributed by atoms with Crippen molar-refractivity contribution in [1.29, 1.82) is 0 Å². The van der Waals surface area contributed by atoms with E-state index in [4.69, 9.17) is 9.47 Å². The number of pyridine rings is 1. The summed E-state index contributed by atoms with van der Waals surface area (Å²) in [5.41, 5.74) is 1.78. The van der Waals surface area contributed by atoms with E-state index in [9.17, 15) is 4.39 Å². The first-order valence-corrected chi connectivity index (χ1v) is 9.12. The third-order valence-corrected chi connectivity index (χ3v) is 4.18. The third-order valence-electron chi connectivity index (χ3n) is 4.18. The van der Waals surface area contributed by atoms with E-state index in [0.717, 1.165) is 16.9 Å². The normalized spacial score (nSPS) is 10.7. The fraction of sp³-hybridized carbons (Fsp3) is 0.182. The molecule has 8 heteroatoms. The highest BCUT2D eigenvalue weighted by Gasteiger charge is 2.08. The van der Waals surface area contributed by atoms with E-state index in [1.54, 1.807) is 44.6 Å². The highest BCUT2D eigenvalue weighted by atomic mass is 127. The number of aromatic nitrogens is 1. The van der Waals surface area contributed by atoms with Crippen LogP contribution in [0.1, 0.15) is 11.1 Å². The highest BCUT2D eigenvalue weighted by Crippen LogP contribution is 2.24. The van der Waals surface area contributed by atoms with Gasteiger partial charge in [0.25, 0.3) is 0 Å². The number of ether oxygens (including phenoxy) is 2. The SMILES string of the molecule is CN=C(NCc1ccc(Oc2cccnc2)c(F)c1)NCc1ccccc1OC.I. The number of hydrogen-bond acceptors (Lipinski definition) is 4. The molecule has 0 unspecified atom stereocenters. The van der Waals surface area contributed by atoms with Crippen LogP contribution in [0.5, 0.6) is 17.2 Å². The Labute approximate surface area is 192 Å². The molecule has 0 amide bonds. The summed E-state index contributed by atoms with van der Waals surface area (Å²) in [4.78, 5) is 8.15. The van der Waals surface area contributed by atoms with Crippen molar-refractivity contribution in [1.82, 2.24) is 15.6 Å². The van der Waals surface area contributed by atoms with Crippen LogP contribution >= 0.6 is 24.0 Å². The van der Waals surface area contributed by atoms with Gasteiger partial charge in [0.2, 0.25) is 0 Å². The Hall–Kier alpha value is -2.88. The van der Waals surface area contributed by atoms with Crippen LogP contribution in [0.2, 0.25) is 0 Å². The Kier molecular flexibility index (Phi) is 9.33. The van der Waals surface area contributed by atoms with Crippen LogP contribution in [0.25, 0.3) is 0 Å². The Morgan fingerprint density at radius 3 is 2.53 bits per heavy atom. The average Bonchev–Trinajstić information content (AvgIpc) is 2.76. The first-order chi connectivity index (χ1) is 14.2. The van der Waals surface area contributed by atoms with Crippen molar-refractivity contribution in [3.63, 3.8) is 0 Å². The number of methoxy groups -OCH3 is 1. The maximum atomic E-state index is 14.4.